The van der Waals surface area contributed by atoms with E-state index in [0.29, 0.717) is 6.54 Å². The van der Waals surface area contributed by atoms with Crippen LogP contribution in [0.15, 0.2) is 24.3 Å². The highest BCUT2D eigenvalue weighted by molar-refractivity contribution is 6.00. The van der Waals surface area contributed by atoms with E-state index in [1.54, 1.807) is 10.7 Å². The molecule has 0 N–H and O–H groups in total. The van der Waals surface area contributed by atoms with Crippen LogP contribution in [-0.2, 0) is 19.4 Å². The molecule has 2 rings (SSSR count). The molecule has 0 saturated carbocycles. The van der Waals surface area contributed by atoms with Crippen molar-refractivity contribution in [2.24, 2.45) is 0 Å². The third-order valence-corrected chi connectivity index (χ3v) is 3.39. The molecule has 0 unspecified atom stereocenters. The zero-order valence-corrected chi connectivity index (χ0v) is 12.5. The molecule has 0 amide bonds. The third-order valence-electron chi connectivity index (χ3n) is 3.39. The summed E-state index contributed by atoms with van der Waals surface area (Å²) < 4.78 is 20.8. The van der Waals surface area contributed by atoms with Crippen molar-refractivity contribution < 1.29 is 13.9 Å². The van der Waals surface area contributed by atoms with Gasteiger partial charge in [0.1, 0.15) is 11.6 Å². The molecule has 112 valence electrons. The summed E-state index contributed by atoms with van der Waals surface area (Å²) in [5, 5.41) is 4.40. The summed E-state index contributed by atoms with van der Waals surface area (Å²) in [6, 6.07) is 6.28. The normalized spacial score (nSPS) is 10.7. The Morgan fingerprint density at radius 3 is 2.76 bits per heavy atom. The lowest BCUT2D eigenvalue weighted by molar-refractivity contribution is 0.0983. The maximum atomic E-state index is 13.9. The van der Waals surface area contributed by atoms with Crippen molar-refractivity contribution in [3.8, 4) is 5.75 Å². The Labute approximate surface area is 123 Å². The first-order chi connectivity index (χ1) is 10.1. The number of Topliss-reactive ketones (excluding diaryl/α,β-unsaturated/α-hetero) is 1. The zero-order valence-electron chi connectivity index (χ0n) is 12.5. The van der Waals surface area contributed by atoms with Gasteiger partial charge < -0.3 is 4.74 Å². The minimum atomic E-state index is -0.558. The number of carbonyl (C=O) groups is 1. The molecule has 4 nitrogen and oxygen atoms in total. The number of ether oxygens (including phenoxy) is 1. The molecule has 1 aromatic carbocycles. The summed E-state index contributed by atoms with van der Waals surface area (Å²) in [5.41, 5.74) is 1.73. The van der Waals surface area contributed by atoms with E-state index in [0.717, 1.165) is 17.8 Å². The van der Waals surface area contributed by atoms with Crippen LogP contribution in [0.5, 0.6) is 5.75 Å². The van der Waals surface area contributed by atoms with Gasteiger partial charge in [0.05, 0.1) is 24.8 Å². The zero-order chi connectivity index (χ0) is 15.4. The average Bonchev–Trinajstić information content (AvgIpc) is 2.88. The van der Waals surface area contributed by atoms with Crippen molar-refractivity contribution in [3.05, 3.63) is 47.0 Å². The molecule has 21 heavy (non-hydrogen) atoms. The summed E-state index contributed by atoms with van der Waals surface area (Å²) in [6.45, 7) is 4.65. The first-order valence-corrected chi connectivity index (χ1v) is 7.02. The molecule has 1 heterocycles. The van der Waals surface area contributed by atoms with Crippen molar-refractivity contribution >= 4 is 5.78 Å². The predicted molar refractivity (Wildman–Crippen MR) is 78.3 cm³/mol. The van der Waals surface area contributed by atoms with Gasteiger partial charge in [0.15, 0.2) is 5.78 Å². The highest BCUT2D eigenvalue weighted by Crippen LogP contribution is 2.23. The van der Waals surface area contributed by atoms with E-state index in [1.807, 2.05) is 19.9 Å². The van der Waals surface area contributed by atoms with Gasteiger partial charge in [0.2, 0.25) is 0 Å². The number of halogens is 1. The molecular formula is C16H19FN2O2. The van der Waals surface area contributed by atoms with Crippen molar-refractivity contribution in [1.29, 1.82) is 0 Å². The van der Waals surface area contributed by atoms with Gasteiger partial charge in [0.25, 0.3) is 0 Å². The van der Waals surface area contributed by atoms with Crippen LogP contribution >= 0.6 is 0 Å². The SMILES string of the molecule is CCc1cc(CC(=O)c2c(F)cccc2OC)n(CC)n1. The van der Waals surface area contributed by atoms with Crippen molar-refractivity contribution in [2.45, 2.75) is 33.2 Å². The van der Waals surface area contributed by atoms with E-state index in [1.165, 1.54) is 19.2 Å². The van der Waals surface area contributed by atoms with Crippen molar-refractivity contribution in [1.82, 2.24) is 9.78 Å². The fraction of sp³-hybridized carbons (Fsp3) is 0.375. The molecule has 5 heteroatoms. The molecule has 2 aromatic rings. The topological polar surface area (TPSA) is 44.1 Å². The highest BCUT2D eigenvalue weighted by atomic mass is 19.1. The maximum Gasteiger partial charge on any atom is 0.175 e. The number of methoxy groups -OCH3 is 1. The smallest absolute Gasteiger partial charge is 0.175 e. The molecule has 0 spiro atoms. The number of aromatic nitrogens is 2. The Bertz CT molecular complexity index is 650. The fourth-order valence-electron chi connectivity index (χ4n) is 2.30. The Morgan fingerprint density at radius 2 is 2.14 bits per heavy atom. The molecule has 0 fully saturated rings. The lowest BCUT2D eigenvalue weighted by Gasteiger charge is -2.09. The van der Waals surface area contributed by atoms with Crippen LogP contribution < -0.4 is 4.74 Å². The van der Waals surface area contributed by atoms with Crippen molar-refractivity contribution in [3.63, 3.8) is 0 Å². The number of nitrogens with zero attached hydrogens (tertiary/aromatic N) is 2. The standard InChI is InChI=1S/C16H19FN2O2/c1-4-11-9-12(19(5-2)18-11)10-14(20)16-13(17)7-6-8-15(16)21-3/h6-9H,4-5,10H2,1-3H3. The van der Waals surface area contributed by atoms with Gasteiger partial charge in [0, 0.05) is 12.2 Å². The second-order valence-electron chi connectivity index (χ2n) is 4.71. The van der Waals surface area contributed by atoms with E-state index in [4.69, 9.17) is 4.74 Å². The minimum absolute atomic E-state index is 0.00176. The van der Waals surface area contributed by atoms with Gasteiger partial charge in [-0.15, -0.1) is 0 Å². The Hall–Kier alpha value is -2.17. The monoisotopic (exact) mass is 290 g/mol. The van der Waals surface area contributed by atoms with Gasteiger partial charge in [-0.25, -0.2) is 4.39 Å². The van der Waals surface area contributed by atoms with Crippen LogP contribution in [0.4, 0.5) is 4.39 Å². The second-order valence-corrected chi connectivity index (χ2v) is 4.71. The molecule has 0 radical (unpaired) electrons. The molecule has 0 saturated heterocycles. The Morgan fingerprint density at radius 1 is 1.38 bits per heavy atom. The molecule has 0 bridgehead atoms. The lowest BCUT2D eigenvalue weighted by Crippen LogP contribution is -2.12. The summed E-state index contributed by atoms with van der Waals surface area (Å²) in [7, 11) is 1.43. The summed E-state index contributed by atoms with van der Waals surface area (Å²) in [4.78, 5) is 12.4. The first-order valence-electron chi connectivity index (χ1n) is 7.02. The van der Waals surface area contributed by atoms with Crippen LogP contribution in [0.1, 0.15) is 35.6 Å². The van der Waals surface area contributed by atoms with Crippen LogP contribution in [0.2, 0.25) is 0 Å². The fourth-order valence-corrected chi connectivity index (χ4v) is 2.30. The van der Waals surface area contributed by atoms with Crippen LogP contribution in [0.3, 0.4) is 0 Å². The van der Waals surface area contributed by atoms with Crippen LogP contribution in [0.25, 0.3) is 0 Å². The van der Waals surface area contributed by atoms with E-state index in [-0.39, 0.29) is 23.5 Å². The quantitative estimate of drug-likeness (QED) is 0.768. The molecule has 1 aromatic heterocycles. The molecule has 0 aliphatic heterocycles. The predicted octanol–water partition coefficient (Wildman–Crippen LogP) is 3.04. The number of aryl methyl sites for hydroxylation is 2. The van der Waals surface area contributed by atoms with Gasteiger partial charge >= 0.3 is 0 Å². The van der Waals surface area contributed by atoms with Crippen molar-refractivity contribution in [2.75, 3.05) is 7.11 Å². The van der Waals surface area contributed by atoms with E-state index >= 15 is 0 Å². The highest BCUT2D eigenvalue weighted by Gasteiger charge is 2.19. The van der Waals surface area contributed by atoms with E-state index in [9.17, 15) is 9.18 Å². The van der Waals surface area contributed by atoms with Crippen LogP contribution in [0, 0.1) is 5.82 Å². The number of benzene rings is 1. The number of hydrogen-bond donors (Lipinski definition) is 0. The number of rotatable bonds is 6. The number of hydrogen-bond acceptors (Lipinski definition) is 3. The van der Waals surface area contributed by atoms with E-state index < -0.39 is 5.82 Å². The second kappa shape index (κ2) is 6.52. The van der Waals surface area contributed by atoms with E-state index in [2.05, 4.69) is 5.10 Å². The summed E-state index contributed by atoms with van der Waals surface area (Å²) in [6.07, 6.45) is 0.912. The first kappa shape index (κ1) is 15.2. The minimum Gasteiger partial charge on any atom is -0.496 e. The summed E-state index contributed by atoms with van der Waals surface area (Å²) >= 11 is 0. The van der Waals surface area contributed by atoms with Crippen LogP contribution in [-0.4, -0.2) is 22.7 Å². The molecule has 0 aliphatic carbocycles. The molecule has 0 aliphatic rings. The van der Waals surface area contributed by atoms with Gasteiger partial charge in [-0.05, 0) is 31.5 Å². The average molecular weight is 290 g/mol. The Kier molecular flexibility index (Phi) is 4.73. The number of carbonyl (C=O) groups excluding carboxylic acids is 1. The molecular weight excluding hydrogens is 271 g/mol. The molecule has 0 atom stereocenters. The van der Waals surface area contributed by atoms with Gasteiger partial charge in [-0.3, -0.25) is 9.48 Å². The lowest BCUT2D eigenvalue weighted by atomic mass is 10.0. The Balaban J connectivity index is 2.32. The maximum absolute atomic E-state index is 13.9. The largest absolute Gasteiger partial charge is 0.496 e. The number of ketones is 1. The third kappa shape index (κ3) is 3.12. The van der Waals surface area contributed by atoms with Gasteiger partial charge in [-0.1, -0.05) is 13.0 Å². The van der Waals surface area contributed by atoms with Gasteiger partial charge in [-0.2, -0.15) is 5.10 Å². The summed E-state index contributed by atoms with van der Waals surface area (Å²) in [5.74, 6) is -0.599.